The molecule has 34 heavy (non-hydrogen) atoms. The second kappa shape index (κ2) is 8.08. The minimum absolute atomic E-state index is 0.0750. The summed E-state index contributed by atoms with van der Waals surface area (Å²) < 4.78 is 5.60. The molecule has 2 saturated heterocycles. The van der Waals surface area contributed by atoms with Crippen LogP contribution >= 0.6 is 0 Å². The lowest BCUT2D eigenvalue weighted by Crippen LogP contribution is -2.32. The lowest BCUT2D eigenvalue weighted by molar-refractivity contribution is -0.139. The molecule has 7 heteroatoms. The van der Waals surface area contributed by atoms with Gasteiger partial charge in [-0.2, -0.15) is 0 Å². The van der Waals surface area contributed by atoms with Gasteiger partial charge in [-0.25, -0.2) is 4.90 Å². The Hall–Kier alpha value is -3.48. The fraction of sp³-hybridized carbons (Fsp3) is 0.407. The highest BCUT2D eigenvalue weighted by Crippen LogP contribution is 2.56. The van der Waals surface area contributed by atoms with Gasteiger partial charge in [0.1, 0.15) is 5.75 Å². The fourth-order valence-corrected chi connectivity index (χ4v) is 6.44. The van der Waals surface area contributed by atoms with Crippen LogP contribution in [-0.2, 0) is 25.7 Å². The van der Waals surface area contributed by atoms with Crippen molar-refractivity contribution in [2.24, 2.45) is 29.6 Å². The molecule has 2 bridgehead atoms. The van der Waals surface area contributed by atoms with Crippen molar-refractivity contribution >= 4 is 29.4 Å². The number of benzene rings is 2. The van der Waals surface area contributed by atoms with Gasteiger partial charge in [0.15, 0.2) is 0 Å². The van der Waals surface area contributed by atoms with E-state index >= 15 is 0 Å². The Balaban J connectivity index is 1.14. The number of hydrogen-bond acceptors (Lipinski definition) is 5. The van der Waals surface area contributed by atoms with E-state index in [9.17, 15) is 19.2 Å². The van der Waals surface area contributed by atoms with Crippen LogP contribution in [0.1, 0.15) is 31.2 Å². The Bertz CT molecular complexity index is 1150. The average Bonchev–Trinajstić information content (AvgIpc) is 3.59. The standard InChI is InChI=1S/C27H26N2O5/c30-22-12-19(15-28(22)14-16-5-2-1-3-6-16)27(33)34-21-8-4-7-20(13-21)29-25(31)23-17-9-10-18(11-17)24(23)26(29)32/h1-8,13,17-19,23-24H,9-12,14-15H2/t17-,18-,19+,23+,24+/m0/s1. The molecule has 2 aromatic carbocycles. The lowest BCUT2D eigenvalue weighted by Gasteiger charge is -2.19. The first-order valence-electron chi connectivity index (χ1n) is 12.0. The van der Waals surface area contributed by atoms with Crippen molar-refractivity contribution in [2.45, 2.75) is 32.2 Å². The van der Waals surface area contributed by atoms with Crippen molar-refractivity contribution in [3.05, 3.63) is 60.2 Å². The first kappa shape index (κ1) is 21.1. The maximum absolute atomic E-state index is 13.1. The van der Waals surface area contributed by atoms with Gasteiger partial charge >= 0.3 is 5.97 Å². The van der Waals surface area contributed by atoms with Crippen LogP contribution in [0, 0.1) is 29.6 Å². The van der Waals surface area contributed by atoms with E-state index in [2.05, 4.69) is 0 Å². The van der Waals surface area contributed by atoms with Crippen molar-refractivity contribution in [2.75, 3.05) is 11.4 Å². The van der Waals surface area contributed by atoms with Crippen LogP contribution in [0.25, 0.3) is 0 Å². The molecular formula is C27H26N2O5. The maximum Gasteiger partial charge on any atom is 0.316 e. The summed E-state index contributed by atoms with van der Waals surface area (Å²) in [5.74, 6) is -0.833. The minimum Gasteiger partial charge on any atom is -0.426 e. The first-order valence-corrected chi connectivity index (χ1v) is 12.0. The lowest BCUT2D eigenvalue weighted by atomic mass is 9.81. The number of amides is 3. The minimum atomic E-state index is -0.551. The van der Waals surface area contributed by atoms with Crippen molar-refractivity contribution in [3.8, 4) is 5.75 Å². The van der Waals surface area contributed by atoms with Crippen LogP contribution in [0.3, 0.4) is 0 Å². The number of carbonyl (C=O) groups is 4. The smallest absolute Gasteiger partial charge is 0.316 e. The van der Waals surface area contributed by atoms with Gasteiger partial charge in [-0.15, -0.1) is 0 Å². The molecule has 6 rings (SSSR count). The molecule has 2 aliphatic carbocycles. The predicted molar refractivity (Wildman–Crippen MR) is 122 cm³/mol. The third kappa shape index (κ3) is 3.42. The van der Waals surface area contributed by atoms with E-state index in [0.29, 0.717) is 30.6 Å². The SMILES string of the molecule is O=C(Oc1cccc(N2C(=O)[C@@H]3[C@H]4CC[C@@H](C4)[C@H]3C2=O)c1)[C@@H]1CC(=O)N(Cc2ccccc2)C1. The third-order valence-corrected chi connectivity index (χ3v) is 7.99. The molecular weight excluding hydrogens is 432 g/mol. The molecule has 3 amide bonds. The molecule has 5 atom stereocenters. The Labute approximate surface area is 197 Å². The van der Waals surface area contributed by atoms with Gasteiger partial charge in [0.2, 0.25) is 17.7 Å². The van der Waals surface area contributed by atoms with Crippen LogP contribution in [-0.4, -0.2) is 35.1 Å². The number of imide groups is 1. The maximum atomic E-state index is 13.1. The van der Waals surface area contributed by atoms with E-state index < -0.39 is 11.9 Å². The number of hydrogen-bond donors (Lipinski definition) is 0. The quantitative estimate of drug-likeness (QED) is 0.390. The highest BCUT2D eigenvalue weighted by Gasteiger charge is 2.61. The number of fused-ring (bicyclic) bond motifs is 5. The summed E-state index contributed by atoms with van der Waals surface area (Å²) in [7, 11) is 0. The highest BCUT2D eigenvalue weighted by atomic mass is 16.5. The van der Waals surface area contributed by atoms with Gasteiger partial charge in [-0.3, -0.25) is 19.2 Å². The Morgan fingerprint density at radius 3 is 2.32 bits per heavy atom. The molecule has 0 N–H and O–H groups in total. The number of nitrogens with zero attached hydrogens (tertiary/aromatic N) is 2. The van der Waals surface area contributed by atoms with E-state index in [1.807, 2.05) is 30.3 Å². The van der Waals surface area contributed by atoms with Crippen LogP contribution < -0.4 is 9.64 Å². The summed E-state index contributed by atoms with van der Waals surface area (Å²) in [6, 6.07) is 16.3. The summed E-state index contributed by atoms with van der Waals surface area (Å²) >= 11 is 0. The second-order valence-electron chi connectivity index (χ2n) is 9.98. The summed E-state index contributed by atoms with van der Waals surface area (Å²) in [4.78, 5) is 54.4. The van der Waals surface area contributed by atoms with Crippen LogP contribution in [0.4, 0.5) is 5.69 Å². The Kier molecular flexibility index (Phi) is 5.01. The Morgan fingerprint density at radius 2 is 1.62 bits per heavy atom. The number of anilines is 1. The molecule has 0 unspecified atom stereocenters. The molecule has 2 heterocycles. The largest absolute Gasteiger partial charge is 0.426 e. The zero-order valence-electron chi connectivity index (χ0n) is 18.8. The van der Waals surface area contributed by atoms with E-state index in [-0.39, 0.29) is 41.7 Å². The van der Waals surface area contributed by atoms with Gasteiger partial charge < -0.3 is 9.64 Å². The van der Waals surface area contributed by atoms with E-state index in [0.717, 1.165) is 24.8 Å². The molecule has 174 valence electrons. The number of ether oxygens (including phenoxy) is 1. The van der Waals surface area contributed by atoms with Crippen molar-refractivity contribution in [1.29, 1.82) is 0 Å². The van der Waals surface area contributed by atoms with Gasteiger partial charge in [-0.1, -0.05) is 36.4 Å². The number of carbonyl (C=O) groups excluding carboxylic acids is 4. The zero-order valence-corrected chi connectivity index (χ0v) is 18.8. The number of likely N-dealkylation sites (tertiary alicyclic amines) is 1. The predicted octanol–water partition coefficient (Wildman–Crippen LogP) is 3.18. The van der Waals surface area contributed by atoms with Gasteiger partial charge in [-0.05, 0) is 48.8 Å². The average molecular weight is 459 g/mol. The molecule has 4 aliphatic rings. The zero-order chi connectivity index (χ0) is 23.4. The molecule has 4 fully saturated rings. The van der Waals surface area contributed by atoms with E-state index in [4.69, 9.17) is 4.74 Å². The summed E-state index contributed by atoms with van der Waals surface area (Å²) in [6.45, 7) is 0.768. The molecule has 0 spiro atoms. The van der Waals surface area contributed by atoms with Crippen LogP contribution in [0.2, 0.25) is 0 Å². The molecule has 0 radical (unpaired) electrons. The normalized spacial score (nSPS) is 29.8. The van der Waals surface area contributed by atoms with E-state index in [1.54, 1.807) is 29.2 Å². The summed E-state index contributed by atoms with van der Waals surface area (Å²) in [5.41, 5.74) is 1.46. The van der Waals surface area contributed by atoms with Gasteiger partial charge in [0.05, 0.1) is 23.4 Å². The highest BCUT2D eigenvalue weighted by molar-refractivity contribution is 6.22. The molecule has 2 aliphatic heterocycles. The molecule has 0 aromatic heterocycles. The van der Waals surface area contributed by atoms with Crippen molar-refractivity contribution < 1.29 is 23.9 Å². The number of esters is 1. The van der Waals surface area contributed by atoms with Crippen molar-refractivity contribution in [3.63, 3.8) is 0 Å². The molecule has 2 aromatic rings. The van der Waals surface area contributed by atoms with E-state index in [1.165, 1.54) is 4.90 Å². The second-order valence-corrected chi connectivity index (χ2v) is 9.98. The molecule has 7 nitrogen and oxygen atoms in total. The van der Waals surface area contributed by atoms with Crippen LogP contribution in [0.5, 0.6) is 5.75 Å². The van der Waals surface area contributed by atoms with Gasteiger partial charge in [0, 0.05) is 25.6 Å². The van der Waals surface area contributed by atoms with Crippen LogP contribution in [0.15, 0.2) is 54.6 Å². The third-order valence-electron chi connectivity index (χ3n) is 7.99. The number of rotatable bonds is 5. The van der Waals surface area contributed by atoms with Gasteiger partial charge in [0.25, 0.3) is 0 Å². The first-order chi connectivity index (χ1) is 16.5. The molecule has 2 saturated carbocycles. The topological polar surface area (TPSA) is 84.0 Å². The Morgan fingerprint density at radius 1 is 0.912 bits per heavy atom. The fourth-order valence-electron chi connectivity index (χ4n) is 6.44. The summed E-state index contributed by atoms with van der Waals surface area (Å²) in [6.07, 6.45) is 3.15. The monoisotopic (exact) mass is 458 g/mol. The summed E-state index contributed by atoms with van der Waals surface area (Å²) in [5, 5.41) is 0. The van der Waals surface area contributed by atoms with Crippen molar-refractivity contribution in [1.82, 2.24) is 4.90 Å².